The van der Waals surface area contributed by atoms with E-state index in [1.807, 2.05) is 17.9 Å². The molecule has 0 aliphatic rings. The Balaban J connectivity index is 2.11. The van der Waals surface area contributed by atoms with Crippen LogP contribution in [0.1, 0.15) is 25.3 Å². The Morgan fingerprint density at radius 2 is 2.00 bits per heavy atom. The molecule has 1 aromatic heterocycles. The number of hydrogen-bond acceptors (Lipinski definition) is 8. The molecule has 2 aromatic rings. The molecule has 10 heteroatoms. The zero-order valence-corrected chi connectivity index (χ0v) is 16.2. The van der Waals surface area contributed by atoms with E-state index >= 15 is 0 Å². The number of aromatic nitrogens is 1. The number of pyridine rings is 1. The van der Waals surface area contributed by atoms with Crippen LogP contribution in [-0.4, -0.2) is 41.9 Å². The molecule has 0 saturated carbocycles. The van der Waals surface area contributed by atoms with E-state index in [-0.39, 0.29) is 23.6 Å². The van der Waals surface area contributed by atoms with Gasteiger partial charge < -0.3 is 10.0 Å². The van der Waals surface area contributed by atoms with Crippen LogP contribution < -0.4 is 4.90 Å². The van der Waals surface area contributed by atoms with Crippen LogP contribution >= 0.6 is 0 Å². The minimum absolute atomic E-state index is 0.0780. The summed E-state index contributed by atoms with van der Waals surface area (Å²) >= 11 is 0. The molecule has 2 N–H and O–H groups in total. The lowest BCUT2D eigenvalue weighted by molar-refractivity contribution is 0.475. The Morgan fingerprint density at radius 3 is 2.57 bits per heavy atom. The lowest BCUT2D eigenvalue weighted by atomic mass is 10.2. The highest BCUT2D eigenvalue weighted by Gasteiger charge is 2.11. The minimum Gasteiger partial charge on any atom is -0.506 e. The number of aromatic hydroxyl groups is 1. The summed E-state index contributed by atoms with van der Waals surface area (Å²) in [5.41, 5.74) is 1.38. The van der Waals surface area contributed by atoms with Gasteiger partial charge in [0, 0.05) is 31.0 Å². The van der Waals surface area contributed by atoms with Crippen molar-refractivity contribution in [3.05, 3.63) is 42.1 Å². The van der Waals surface area contributed by atoms with Gasteiger partial charge in [-0.15, -0.1) is 10.2 Å². The molecule has 2 rings (SSSR count). The van der Waals surface area contributed by atoms with E-state index in [2.05, 4.69) is 15.2 Å². The van der Waals surface area contributed by atoms with Crippen LogP contribution in [0.4, 0.5) is 17.2 Å². The third-order valence-corrected chi connectivity index (χ3v) is 4.59. The highest BCUT2D eigenvalue weighted by Crippen LogP contribution is 2.32. The summed E-state index contributed by atoms with van der Waals surface area (Å²) in [6, 6.07) is 9.96. The summed E-state index contributed by atoms with van der Waals surface area (Å²) in [6.07, 6.45) is 2.48. The van der Waals surface area contributed by atoms with E-state index in [9.17, 15) is 13.5 Å². The zero-order chi connectivity index (χ0) is 20.6. The second-order valence-corrected chi connectivity index (χ2v) is 7.59. The van der Waals surface area contributed by atoms with Crippen LogP contribution in [0, 0.1) is 11.3 Å². The first kappa shape index (κ1) is 21.3. The fourth-order valence-electron chi connectivity index (χ4n) is 2.49. The van der Waals surface area contributed by atoms with Crippen molar-refractivity contribution >= 4 is 27.3 Å². The van der Waals surface area contributed by atoms with Crippen molar-refractivity contribution in [3.8, 4) is 11.8 Å². The van der Waals surface area contributed by atoms with Crippen molar-refractivity contribution in [1.29, 1.82) is 5.26 Å². The minimum atomic E-state index is -4.00. The van der Waals surface area contributed by atoms with Crippen molar-refractivity contribution in [3.63, 3.8) is 0 Å². The molecule has 0 unspecified atom stereocenters. The average Bonchev–Trinajstić information content (AvgIpc) is 2.66. The second-order valence-electron chi connectivity index (χ2n) is 6.02. The maximum absolute atomic E-state index is 10.9. The summed E-state index contributed by atoms with van der Waals surface area (Å²) in [5.74, 6) is -0.0885. The Kier molecular flexibility index (Phi) is 7.43. The molecule has 1 heterocycles. The number of benzene rings is 1. The number of azo groups is 1. The molecule has 28 heavy (non-hydrogen) atoms. The van der Waals surface area contributed by atoms with Gasteiger partial charge in [0.2, 0.25) is 0 Å². The number of phenolic OH excluding ortho intramolecular Hbond substituents is 1. The van der Waals surface area contributed by atoms with Gasteiger partial charge in [-0.25, -0.2) is 4.98 Å². The molecule has 0 amide bonds. The number of anilines is 1. The van der Waals surface area contributed by atoms with Gasteiger partial charge in [0.05, 0.1) is 11.3 Å². The smallest absolute Gasteiger partial charge is 0.264 e. The van der Waals surface area contributed by atoms with Gasteiger partial charge >= 0.3 is 0 Å². The first-order chi connectivity index (χ1) is 13.3. The first-order valence-electron chi connectivity index (χ1n) is 8.63. The third-order valence-electron chi connectivity index (χ3n) is 3.79. The molecule has 0 atom stereocenters. The van der Waals surface area contributed by atoms with Gasteiger partial charge in [0.1, 0.15) is 17.5 Å². The molecule has 148 valence electrons. The largest absolute Gasteiger partial charge is 0.506 e. The van der Waals surface area contributed by atoms with Crippen LogP contribution in [0.5, 0.6) is 5.75 Å². The monoisotopic (exact) mass is 403 g/mol. The normalized spacial score (nSPS) is 11.5. The molecule has 0 fully saturated rings. The van der Waals surface area contributed by atoms with E-state index in [0.29, 0.717) is 30.2 Å². The SMILES string of the molecule is CCCN(CCCS(=O)(=O)O)c1ccc(N=Nc2ccc(C#N)cn2)c(O)c1. The number of rotatable bonds is 9. The first-order valence-corrected chi connectivity index (χ1v) is 10.2. The molecule has 0 spiro atoms. The molecule has 0 aliphatic carbocycles. The summed E-state index contributed by atoms with van der Waals surface area (Å²) in [4.78, 5) is 5.90. The number of phenols is 1. The number of nitrogens with zero attached hydrogens (tertiary/aromatic N) is 5. The summed E-state index contributed by atoms with van der Waals surface area (Å²) in [7, 11) is -4.00. The Labute approximate surface area is 163 Å². The zero-order valence-electron chi connectivity index (χ0n) is 15.4. The Bertz CT molecular complexity index is 968. The molecule has 1 aromatic carbocycles. The maximum Gasteiger partial charge on any atom is 0.264 e. The predicted octanol–water partition coefficient (Wildman–Crippen LogP) is 3.57. The molecular weight excluding hydrogens is 382 g/mol. The fraction of sp³-hybridized carbons (Fsp3) is 0.333. The van der Waals surface area contributed by atoms with Gasteiger partial charge in [-0.05, 0) is 37.1 Å². The van der Waals surface area contributed by atoms with E-state index < -0.39 is 10.1 Å². The Hall–Kier alpha value is -3.03. The second kappa shape index (κ2) is 9.77. The van der Waals surface area contributed by atoms with Crippen LogP contribution in [0.2, 0.25) is 0 Å². The van der Waals surface area contributed by atoms with Gasteiger partial charge in [-0.3, -0.25) is 4.55 Å². The average molecular weight is 403 g/mol. The lowest BCUT2D eigenvalue weighted by Gasteiger charge is -2.24. The van der Waals surface area contributed by atoms with Crippen molar-refractivity contribution in [2.45, 2.75) is 19.8 Å². The fourth-order valence-corrected chi connectivity index (χ4v) is 2.98. The van der Waals surface area contributed by atoms with Gasteiger partial charge in [-0.1, -0.05) is 6.92 Å². The quantitative estimate of drug-likeness (QED) is 0.482. The highest BCUT2D eigenvalue weighted by atomic mass is 32.2. The van der Waals surface area contributed by atoms with Gasteiger partial charge in [0.15, 0.2) is 5.82 Å². The molecular formula is C18H21N5O4S. The summed E-state index contributed by atoms with van der Waals surface area (Å²) < 4.78 is 30.6. The lowest BCUT2D eigenvalue weighted by Crippen LogP contribution is -2.26. The van der Waals surface area contributed by atoms with Crippen LogP contribution in [-0.2, 0) is 10.1 Å². The van der Waals surface area contributed by atoms with Crippen molar-refractivity contribution in [2.24, 2.45) is 10.2 Å². The van der Waals surface area contributed by atoms with Crippen LogP contribution in [0.25, 0.3) is 0 Å². The predicted molar refractivity (Wildman–Crippen MR) is 105 cm³/mol. The molecule has 0 saturated heterocycles. The van der Waals surface area contributed by atoms with Crippen molar-refractivity contribution in [1.82, 2.24) is 4.98 Å². The van der Waals surface area contributed by atoms with E-state index in [1.54, 1.807) is 24.3 Å². The van der Waals surface area contributed by atoms with E-state index in [0.717, 1.165) is 6.42 Å². The third kappa shape index (κ3) is 6.61. The molecule has 0 aliphatic heterocycles. The molecule has 0 bridgehead atoms. The van der Waals surface area contributed by atoms with Crippen molar-refractivity contribution in [2.75, 3.05) is 23.7 Å². The standard InChI is InChI=1S/C18H21N5O4S/c1-2-8-23(9-3-10-28(25,26)27)15-5-6-16(17(24)11-15)21-22-18-7-4-14(12-19)13-20-18/h4-7,11,13,24H,2-3,8-10H2,1H3,(H,25,26,27). The number of hydrogen-bond donors (Lipinski definition) is 2. The van der Waals surface area contributed by atoms with Crippen LogP contribution in [0.3, 0.4) is 0 Å². The summed E-state index contributed by atoms with van der Waals surface area (Å²) in [6.45, 7) is 3.08. The van der Waals surface area contributed by atoms with Gasteiger partial charge in [-0.2, -0.15) is 13.7 Å². The van der Waals surface area contributed by atoms with E-state index in [1.165, 1.54) is 12.3 Å². The summed E-state index contributed by atoms with van der Waals surface area (Å²) in [5, 5.41) is 26.9. The molecule has 0 radical (unpaired) electrons. The Morgan fingerprint density at radius 1 is 1.21 bits per heavy atom. The van der Waals surface area contributed by atoms with Crippen molar-refractivity contribution < 1.29 is 18.1 Å². The molecule has 9 nitrogen and oxygen atoms in total. The van der Waals surface area contributed by atoms with Crippen LogP contribution in [0.15, 0.2) is 46.8 Å². The maximum atomic E-state index is 10.9. The topological polar surface area (TPSA) is 139 Å². The van der Waals surface area contributed by atoms with E-state index in [4.69, 9.17) is 9.81 Å². The highest BCUT2D eigenvalue weighted by molar-refractivity contribution is 7.85. The number of nitriles is 1. The van der Waals surface area contributed by atoms with Gasteiger partial charge in [0.25, 0.3) is 10.1 Å².